The summed E-state index contributed by atoms with van der Waals surface area (Å²) >= 11 is 6.52. The van der Waals surface area contributed by atoms with Crippen molar-refractivity contribution in [3.63, 3.8) is 0 Å². The second kappa shape index (κ2) is 13.6. The summed E-state index contributed by atoms with van der Waals surface area (Å²) in [6, 6.07) is 15.3. The topological polar surface area (TPSA) is 79.8 Å². The molecule has 42 heavy (non-hydrogen) atoms. The number of nitrogens with zero attached hydrogens (tertiary/aromatic N) is 4. The van der Waals surface area contributed by atoms with E-state index in [2.05, 4.69) is 34.0 Å². The van der Waals surface area contributed by atoms with Crippen molar-refractivity contribution < 1.29 is 18.7 Å². The van der Waals surface area contributed by atoms with Crippen molar-refractivity contribution in [3.05, 3.63) is 89.5 Å². The molecule has 8 nitrogen and oxygen atoms in total. The molecule has 0 radical (unpaired) electrons. The third kappa shape index (κ3) is 6.98. The first-order valence-electron chi connectivity index (χ1n) is 14.0. The van der Waals surface area contributed by atoms with Gasteiger partial charge in [0.2, 0.25) is 0 Å². The van der Waals surface area contributed by atoms with Gasteiger partial charge in [-0.1, -0.05) is 43.7 Å². The summed E-state index contributed by atoms with van der Waals surface area (Å²) in [4.78, 5) is 26.2. The van der Waals surface area contributed by atoms with Crippen LogP contribution < -0.4 is 19.7 Å². The van der Waals surface area contributed by atoms with Crippen molar-refractivity contribution in [2.75, 3.05) is 43.0 Å². The average Bonchev–Trinajstić information content (AvgIpc) is 3.20. The van der Waals surface area contributed by atoms with Crippen molar-refractivity contribution >= 4 is 45.6 Å². The van der Waals surface area contributed by atoms with Gasteiger partial charge in [-0.25, -0.2) is 14.4 Å². The summed E-state index contributed by atoms with van der Waals surface area (Å²) in [5.41, 5.74) is 2.75. The number of amides is 1. The van der Waals surface area contributed by atoms with Gasteiger partial charge < -0.3 is 24.6 Å². The predicted molar refractivity (Wildman–Crippen MR) is 164 cm³/mol. The molecule has 0 unspecified atom stereocenters. The first kappa shape index (κ1) is 29.3. The number of benzene rings is 3. The van der Waals surface area contributed by atoms with Crippen molar-refractivity contribution in [2.45, 2.75) is 26.9 Å². The van der Waals surface area contributed by atoms with Crippen LogP contribution in [0.4, 0.5) is 21.6 Å². The van der Waals surface area contributed by atoms with E-state index in [4.69, 9.17) is 21.1 Å². The van der Waals surface area contributed by atoms with E-state index in [0.717, 1.165) is 18.5 Å². The van der Waals surface area contributed by atoms with Crippen molar-refractivity contribution in [1.82, 2.24) is 14.9 Å². The highest BCUT2D eigenvalue weighted by atomic mass is 35.5. The van der Waals surface area contributed by atoms with Gasteiger partial charge in [-0.15, -0.1) is 0 Å². The molecule has 1 aliphatic rings. The lowest BCUT2D eigenvalue weighted by Crippen LogP contribution is -2.30. The van der Waals surface area contributed by atoms with Crippen LogP contribution in [0.3, 0.4) is 0 Å². The number of aromatic nitrogens is 2. The maximum absolute atomic E-state index is 13.5. The van der Waals surface area contributed by atoms with E-state index in [1.54, 1.807) is 35.2 Å². The Morgan fingerprint density at radius 1 is 1.17 bits per heavy atom. The molecule has 0 spiro atoms. The van der Waals surface area contributed by atoms with Crippen molar-refractivity contribution in [3.8, 4) is 11.5 Å². The van der Waals surface area contributed by atoms with Gasteiger partial charge in [0, 0.05) is 36.3 Å². The maximum Gasteiger partial charge on any atom is 0.250 e. The maximum atomic E-state index is 13.5. The number of halogens is 2. The molecule has 0 aliphatic carbocycles. The van der Waals surface area contributed by atoms with E-state index in [1.165, 1.54) is 18.5 Å². The number of hydrogen-bond donors (Lipinski definition) is 1. The van der Waals surface area contributed by atoms with Gasteiger partial charge in [0.25, 0.3) is 5.91 Å². The van der Waals surface area contributed by atoms with Crippen LogP contribution in [0, 0.1) is 5.82 Å². The molecular formula is C32H33ClFN5O3. The fourth-order valence-electron chi connectivity index (χ4n) is 4.75. The summed E-state index contributed by atoms with van der Waals surface area (Å²) in [5, 5.41) is 4.44. The summed E-state index contributed by atoms with van der Waals surface area (Å²) in [6.45, 7) is 8.00. The summed E-state index contributed by atoms with van der Waals surface area (Å²) in [6.07, 6.45) is 5.74. The monoisotopic (exact) mass is 589 g/mol. The van der Waals surface area contributed by atoms with Crippen LogP contribution in [-0.4, -0.2) is 53.6 Å². The Balaban J connectivity index is 1.38. The van der Waals surface area contributed by atoms with Gasteiger partial charge in [-0.2, -0.15) is 0 Å². The number of carbonyl (C=O) groups is 1. The zero-order valence-corrected chi connectivity index (χ0v) is 24.4. The lowest BCUT2D eigenvalue weighted by molar-refractivity contribution is -0.114. The minimum atomic E-state index is -0.318. The number of hydrogen-bond acceptors (Lipinski definition) is 7. The molecule has 1 aromatic heterocycles. The third-order valence-corrected chi connectivity index (χ3v) is 7.35. The number of anilines is 3. The number of rotatable bonds is 10. The molecule has 0 saturated heterocycles. The number of nitrogens with one attached hydrogen (secondary N) is 1. The molecule has 2 heterocycles. The smallest absolute Gasteiger partial charge is 0.250 e. The molecule has 218 valence electrons. The molecule has 1 N–H and O–H groups in total. The molecule has 0 atom stereocenters. The normalized spacial score (nSPS) is 13.2. The predicted octanol–water partition coefficient (Wildman–Crippen LogP) is 6.76. The van der Waals surface area contributed by atoms with Crippen LogP contribution in [0.15, 0.2) is 73.1 Å². The van der Waals surface area contributed by atoms with Gasteiger partial charge in [-0.05, 0) is 61.5 Å². The first-order valence-corrected chi connectivity index (χ1v) is 14.4. The number of fused-ring (bicyclic) bond motifs is 2. The summed E-state index contributed by atoms with van der Waals surface area (Å²) in [7, 11) is 0. The molecule has 3 aromatic carbocycles. The second-order valence-corrected chi connectivity index (χ2v) is 10.2. The van der Waals surface area contributed by atoms with Crippen molar-refractivity contribution in [1.29, 1.82) is 0 Å². The molecule has 1 amide bonds. The van der Waals surface area contributed by atoms with Crippen LogP contribution in [0.25, 0.3) is 10.9 Å². The number of carbonyl (C=O) groups excluding carboxylic acids is 1. The number of ether oxygens (including phenoxy) is 2. The second-order valence-electron chi connectivity index (χ2n) is 9.83. The zero-order chi connectivity index (χ0) is 29.5. The van der Waals surface area contributed by atoms with Crippen molar-refractivity contribution in [2.24, 2.45) is 0 Å². The molecule has 5 rings (SSSR count). The van der Waals surface area contributed by atoms with Crippen LogP contribution >= 0.6 is 11.6 Å². The first-order chi connectivity index (χ1) is 20.4. The van der Waals surface area contributed by atoms with Gasteiger partial charge in [-0.3, -0.25) is 4.79 Å². The van der Waals surface area contributed by atoms with E-state index in [-0.39, 0.29) is 18.3 Å². The van der Waals surface area contributed by atoms with E-state index in [9.17, 15) is 9.18 Å². The highest BCUT2D eigenvalue weighted by molar-refractivity contribution is 6.32. The van der Waals surface area contributed by atoms with Gasteiger partial charge in [0.15, 0.2) is 0 Å². The van der Waals surface area contributed by atoms with Crippen LogP contribution in [-0.2, 0) is 11.4 Å². The largest absolute Gasteiger partial charge is 0.491 e. The van der Waals surface area contributed by atoms with Gasteiger partial charge >= 0.3 is 0 Å². The Hall–Kier alpha value is -4.21. The van der Waals surface area contributed by atoms with E-state index in [0.29, 0.717) is 70.9 Å². The molecule has 1 aliphatic heterocycles. The lowest BCUT2D eigenvalue weighted by Gasteiger charge is -2.21. The Kier molecular flexibility index (Phi) is 9.51. The molecule has 0 saturated carbocycles. The van der Waals surface area contributed by atoms with Crippen LogP contribution in [0.5, 0.6) is 11.5 Å². The fourth-order valence-corrected chi connectivity index (χ4v) is 4.98. The molecule has 0 fully saturated rings. The van der Waals surface area contributed by atoms with Crippen LogP contribution in [0.1, 0.15) is 25.8 Å². The average molecular weight is 590 g/mol. The minimum absolute atomic E-state index is 0.0970. The minimum Gasteiger partial charge on any atom is -0.491 e. The Morgan fingerprint density at radius 2 is 2.02 bits per heavy atom. The lowest BCUT2D eigenvalue weighted by atomic mass is 10.1. The number of likely N-dealkylation sites (N-methyl/N-ethyl adjacent to an activating group) is 1. The quantitative estimate of drug-likeness (QED) is 0.205. The van der Waals surface area contributed by atoms with E-state index < -0.39 is 0 Å². The molecular weight excluding hydrogens is 557 g/mol. The Morgan fingerprint density at radius 3 is 2.81 bits per heavy atom. The van der Waals surface area contributed by atoms with Gasteiger partial charge in [0.05, 0.1) is 22.8 Å². The Labute approximate surface area is 249 Å². The fraction of sp³-hybridized carbons (Fsp3) is 0.281. The van der Waals surface area contributed by atoms with E-state index >= 15 is 0 Å². The van der Waals surface area contributed by atoms with Gasteiger partial charge in [0.1, 0.15) is 36.1 Å². The Bertz CT molecular complexity index is 1590. The summed E-state index contributed by atoms with van der Waals surface area (Å²) < 4.78 is 25.3. The SMILES string of the molecule is CCN(CC)C/C=C/C(=O)N1CCCOc2cc3ncnc(Nc4ccc(OCc5cccc(F)c5)c(Cl)c4)c3cc21. The standard InChI is InChI=1S/C32H33ClFN5O3/c1-3-38(4-2)13-6-10-31(40)39-14-7-15-41-30-19-27-25(18-28(30)39)32(36-21-35-27)37-24-11-12-29(26(33)17-24)42-20-22-8-5-9-23(34)16-22/h5-6,8-12,16-19,21H,3-4,7,13-15,20H2,1-2H3,(H,35,36,37)/b10-6+. The van der Waals surface area contributed by atoms with Crippen LogP contribution in [0.2, 0.25) is 5.02 Å². The summed E-state index contributed by atoms with van der Waals surface area (Å²) in [5.74, 6) is 1.23. The molecule has 0 bridgehead atoms. The zero-order valence-electron chi connectivity index (χ0n) is 23.6. The molecule has 10 heteroatoms. The third-order valence-electron chi connectivity index (χ3n) is 7.05. The van der Waals surface area contributed by atoms with E-state index in [1.807, 2.05) is 24.3 Å². The highest BCUT2D eigenvalue weighted by Gasteiger charge is 2.23. The highest BCUT2D eigenvalue weighted by Crippen LogP contribution is 2.38. The molecule has 4 aromatic rings.